The largest absolute Gasteiger partial charge is 0.481 e. The molecule has 23 heavy (non-hydrogen) atoms. The molecule has 1 fully saturated rings. The molecule has 5 heteroatoms. The van der Waals surface area contributed by atoms with Crippen molar-refractivity contribution in [2.24, 2.45) is 11.8 Å². The molecule has 1 aliphatic rings. The molecule has 130 valence electrons. The number of aliphatic carboxylic acids is 1. The number of carbonyl (C=O) groups excluding carboxylic acids is 1. The molecular formula is C18H28O5. The smallest absolute Gasteiger partial charge is 0.303 e. The van der Waals surface area contributed by atoms with Gasteiger partial charge in [0.15, 0.2) is 0 Å². The predicted octanol–water partition coefficient (Wildman–Crippen LogP) is 2.47. The Morgan fingerprint density at radius 1 is 1.35 bits per heavy atom. The summed E-state index contributed by atoms with van der Waals surface area (Å²) < 4.78 is 0. The van der Waals surface area contributed by atoms with Crippen molar-refractivity contribution in [2.45, 2.75) is 64.1 Å². The molecule has 0 radical (unpaired) electrons. The Labute approximate surface area is 137 Å². The molecule has 4 atom stereocenters. The number of carbonyl (C=O) groups is 2. The normalized spacial score (nSPS) is 26.4. The Morgan fingerprint density at radius 2 is 2.09 bits per heavy atom. The second kappa shape index (κ2) is 10.3. The van der Waals surface area contributed by atoms with Crippen molar-refractivity contribution in [3.8, 4) is 0 Å². The van der Waals surface area contributed by atoms with Crippen LogP contribution in [0.25, 0.3) is 0 Å². The van der Waals surface area contributed by atoms with Crippen LogP contribution in [0.2, 0.25) is 0 Å². The summed E-state index contributed by atoms with van der Waals surface area (Å²) in [5.74, 6) is -1.38. The van der Waals surface area contributed by atoms with E-state index in [1.54, 1.807) is 12.2 Å². The highest BCUT2D eigenvalue weighted by Crippen LogP contribution is 2.34. The van der Waals surface area contributed by atoms with Crippen LogP contribution >= 0.6 is 0 Å². The van der Waals surface area contributed by atoms with Gasteiger partial charge in [-0.25, -0.2) is 0 Å². The molecule has 1 saturated carbocycles. The molecule has 5 nitrogen and oxygen atoms in total. The zero-order chi connectivity index (χ0) is 17.2. The lowest BCUT2D eigenvalue weighted by Gasteiger charge is -2.18. The predicted molar refractivity (Wildman–Crippen MR) is 87.9 cm³/mol. The molecule has 0 aromatic heterocycles. The van der Waals surface area contributed by atoms with Gasteiger partial charge in [-0.2, -0.15) is 0 Å². The number of aliphatic hydroxyl groups excluding tert-OH is 2. The van der Waals surface area contributed by atoms with Crippen LogP contribution in [0, 0.1) is 11.8 Å². The maximum atomic E-state index is 12.0. The van der Waals surface area contributed by atoms with Crippen molar-refractivity contribution >= 4 is 11.8 Å². The minimum absolute atomic E-state index is 0.00622. The molecule has 0 aromatic rings. The fraction of sp³-hybridized carbons (Fsp3) is 0.667. The third-order valence-electron chi connectivity index (χ3n) is 4.24. The lowest BCUT2D eigenvalue weighted by Crippen LogP contribution is -2.19. The van der Waals surface area contributed by atoms with Gasteiger partial charge in [0.1, 0.15) is 5.78 Å². The SMILES string of the molecule is CC/C=C\C[C@@H](O)/C=C/[C@@H]1C(=O)C[C@H](O)[C@@H]1CCCCC(=O)O. The number of rotatable bonds is 10. The summed E-state index contributed by atoms with van der Waals surface area (Å²) >= 11 is 0. The van der Waals surface area contributed by atoms with Crippen LogP contribution in [0.5, 0.6) is 0 Å². The molecule has 0 bridgehead atoms. The van der Waals surface area contributed by atoms with Crippen molar-refractivity contribution in [3.63, 3.8) is 0 Å². The fourth-order valence-electron chi connectivity index (χ4n) is 2.98. The Kier molecular flexibility index (Phi) is 8.81. The van der Waals surface area contributed by atoms with E-state index in [0.717, 1.165) is 6.42 Å². The molecule has 3 N–H and O–H groups in total. The van der Waals surface area contributed by atoms with Gasteiger partial charge in [0.2, 0.25) is 0 Å². The number of unbranched alkanes of at least 4 members (excludes halogenated alkanes) is 1. The van der Waals surface area contributed by atoms with Gasteiger partial charge in [-0.15, -0.1) is 0 Å². The molecule has 0 aromatic carbocycles. The number of hydrogen-bond acceptors (Lipinski definition) is 4. The standard InChI is InChI=1S/C18H28O5/c1-2-3-4-7-13(19)10-11-15-14(16(20)12-17(15)21)8-5-6-9-18(22)23/h3-4,10-11,13-16,19-20H,2,5-9,12H2,1H3,(H,22,23)/b4-3-,11-10+/t13-,14-,15+,16+/m1/s1. The third-order valence-corrected chi connectivity index (χ3v) is 4.24. The molecule has 0 amide bonds. The summed E-state index contributed by atoms with van der Waals surface area (Å²) in [5, 5.41) is 28.5. The summed E-state index contributed by atoms with van der Waals surface area (Å²) in [6.07, 6.45) is 9.47. The number of carboxylic acids is 1. The van der Waals surface area contributed by atoms with E-state index in [2.05, 4.69) is 0 Å². The second-order valence-electron chi connectivity index (χ2n) is 6.13. The van der Waals surface area contributed by atoms with Crippen molar-refractivity contribution in [1.29, 1.82) is 0 Å². The van der Waals surface area contributed by atoms with Gasteiger partial charge < -0.3 is 15.3 Å². The zero-order valence-electron chi connectivity index (χ0n) is 13.7. The first kappa shape index (κ1) is 19.6. The van der Waals surface area contributed by atoms with E-state index < -0.39 is 18.2 Å². The van der Waals surface area contributed by atoms with E-state index in [1.807, 2.05) is 19.1 Å². The summed E-state index contributed by atoms with van der Waals surface area (Å²) in [7, 11) is 0. The van der Waals surface area contributed by atoms with E-state index >= 15 is 0 Å². The Hall–Kier alpha value is -1.46. The first-order valence-electron chi connectivity index (χ1n) is 8.39. The molecule has 0 aliphatic heterocycles. The van der Waals surface area contributed by atoms with E-state index in [9.17, 15) is 19.8 Å². The highest BCUT2D eigenvalue weighted by Gasteiger charge is 2.39. The molecule has 0 heterocycles. The minimum atomic E-state index is -0.826. The van der Waals surface area contributed by atoms with E-state index in [0.29, 0.717) is 25.7 Å². The fourth-order valence-corrected chi connectivity index (χ4v) is 2.98. The van der Waals surface area contributed by atoms with Crippen molar-refractivity contribution in [2.75, 3.05) is 0 Å². The topological polar surface area (TPSA) is 94.8 Å². The van der Waals surface area contributed by atoms with Gasteiger partial charge in [-0.1, -0.05) is 37.6 Å². The molecule has 1 rings (SSSR count). The second-order valence-corrected chi connectivity index (χ2v) is 6.13. The van der Waals surface area contributed by atoms with Gasteiger partial charge >= 0.3 is 5.97 Å². The quantitative estimate of drug-likeness (QED) is 0.424. The first-order chi connectivity index (χ1) is 11.0. The lowest BCUT2D eigenvalue weighted by atomic mass is 9.88. The average molecular weight is 324 g/mol. The highest BCUT2D eigenvalue weighted by molar-refractivity contribution is 5.85. The van der Waals surface area contributed by atoms with Gasteiger partial charge in [0.05, 0.1) is 12.2 Å². The number of Topliss-reactive ketones (excluding diaryl/α,β-unsaturated/α-hetero) is 1. The number of carboxylic acid groups (broad SMARTS) is 1. The minimum Gasteiger partial charge on any atom is -0.481 e. The van der Waals surface area contributed by atoms with E-state index in [1.165, 1.54) is 0 Å². The van der Waals surface area contributed by atoms with Crippen LogP contribution < -0.4 is 0 Å². The Bertz CT molecular complexity index is 441. The van der Waals surface area contributed by atoms with Gasteiger partial charge in [0, 0.05) is 18.8 Å². The monoisotopic (exact) mass is 324 g/mol. The average Bonchev–Trinajstić information content (AvgIpc) is 2.75. The molecule has 0 unspecified atom stereocenters. The number of allylic oxidation sites excluding steroid dienone is 2. The first-order valence-corrected chi connectivity index (χ1v) is 8.39. The van der Waals surface area contributed by atoms with Crippen molar-refractivity contribution in [1.82, 2.24) is 0 Å². The summed E-state index contributed by atoms with van der Waals surface area (Å²) in [6, 6.07) is 0. The van der Waals surface area contributed by atoms with Crippen molar-refractivity contribution in [3.05, 3.63) is 24.3 Å². The maximum absolute atomic E-state index is 12.0. The Morgan fingerprint density at radius 3 is 2.74 bits per heavy atom. The molecular weight excluding hydrogens is 296 g/mol. The van der Waals surface area contributed by atoms with Gasteiger partial charge in [-0.3, -0.25) is 9.59 Å². The Balaban J connectivity index is 2.53. The molecule has 1 aliphatic carbocycles. The summed E-state index contributed by atoms with van der Waals surface area (Å²) in [4.78, 5) is 22.5. The van der Waals surface area contributed by atoms with Crippen LogP contribution in [-0.2, 0) is 9.59 Å². The summed E-state index contributed by atoms with van der Waals surface area (Å²) in [5.41, 5.74) is 0. The molecule has 0 spiro atoms. The summed E-state index contributed by atoms with van der Waals surface area (Å²) in [6.45, 7) is 2.02. The van der Waals surface area contributed by atoms with Crippen LogP contribution in [0.4, 0.5) is 0 Å². The number of aliphatic hydroxyl groups is 2. The number of ketones is 1. The maximum Gasteiger partial charge on any atom is 0.303 e. The third kappa shape index (κ3) is 7.10. The van der Waals surface area contributed by atoms with E-state index in [-0.39, 0.29) is 30.5 Å². The van der Waals surface area contributed by atoms with Crippen molar-refractivity contribution < 1.29 is 24.9 Å². The zero-order valence-corrected chi connectivity index (χ0v) is 13.7. The number of hydrogen-bond donors (Lipinski definition) is 3. The van der Waals surface area contributed by atoms with E-state index in [4.69, 9.17) is 5.11 Å². The van der Waals surface area contributed by atoms with Crippen LogP contribution in [0.15, 0.2) is 24.3 Å². The van der Waals surface area contributed by atoms with Crippen LogP contribution in [-0.4, -0.2) is 39.3 Å². The van der Waals surface area contributed by atoms with Crippen LogP contribution in [0.1, 0.15) is 51.9 Å². The molecule has 0 saturated heterocycles. The lowest BCUT2D eigenvalue weighted by molar-refractivity contribution is -0.137. The van der Waals surface area contributed by atoms with Gasteiger partial charge in [-0.05, 0) is 31.6 Å². The van der Waals surface area contributed by atoms with Crippen LogP contribution in [0.3, 0.4) is 0 Å². The van der Waals surface area contributed by atoms with Gasteiger partial charge in [0.25, 0.3) is 0 Å². The highest BCUT2D eigenvalue weighted by atomic mass is 16.4.